The fourth-order valence-corrected chi connectivity index (χ4v) is 1.44. The fourth-order valence-electron chi connectivity index (χ4n) is 1.02. The summed E-state index contributed by atoms with van der Waals surface area (Å²) >= 11 is 3.46. The molecule has 2 heteroatoms. The van der Waals surface area contributed by atoms with E-state index >= 15 is 0 Å². The second kappa shape index (κ2) is 5.66. The Labute approximate surface area is 87.7 Å². The molecule has 0 bridgehead atoms. The molecule has 0 aromatic heterocycles. The van der Waals surface area contributed by atoms with Gasteiger partial charge in [-0.1, -0.05) is 12.1 Å². The van der Waals surface area contributed by atoms with Gasteiger partial charge < -0.3 is 5.32 Å². The quantitative estimate of drug-likeness (QED) is 0.627. The molecule has 1 rings (SSSR count). The first-order valence-electron chi connectivity index (χ1n) is 4.26. The highest BCUT2D eigenvalue weighted by Crippen LogP contribution is 2.20. The second-order valence-corrected chi connectivity index (χ2v) is 3.57. The summed E-state index contributed by atoms with van der Waals surface area (Å²) in [4.78, 5) is 0. The van der Waals surface area contributed by atoms with E-state index in [4.69, 9.17) is 6.42 Å². The zero-order chi connectivity index (χ0) is 9.52. The van der Waals surface area contributed by atoms with Crippen molar-refractivity contribution in [2.75, 3.05) is 11.9 Å². The van der Waals surface area contributed by atoms with Crippen LogP contribution >= 0.6 is 15.9 Å². The zero-order valence-corrected chi connectivity index (χ0v) is 8.97. The van der Waals surface area contributed by atoms with E-state index in [2.05, 4.69) is 27.2 Å². The number of para-hydroxylation sites is 1. The molecule has 0 saturated carbocycles. The lowest BCUT2D eigenvalue weighted by Crippen LogP contribution is -2.01. The predicted octanol–water partition coefficient (Wildman–Crippen LogP) is 3.27. The van der Waals surface area contributed by atoms with Gasteiger partial charge in [-0.15, -0.1) is 12.3 Å². The predicted molar refractivity (Wildman–Crippen MR) is 60.7 cm³/mol. The van der Waals surface area contributed by atoms with Crippen molar-refractivity contribution in [3.63, 3.8) is 0 Å². The van der Waals surface area contributed by atoms with Crippen LogP contribution in [0.15, 0.2) is 28.7 Å². The van der Waals surface area contributed by atoms with Gasteiger partial charge in [0.1, 0.15) is 0 Å². The molecule has 0 aliphatic heterocycles. The Balaban J connectivity index is 2.37. The van der Waals surface area contributed by atoms with Gasteiger partial charge in [0.15, 0.2) is 0 Å². The van der Waals surface area contributed by atoms with Gasteiger partial charge in [-0.25, -0.2) is 0 Å². The summed E-state index contributed by atoms with van der Waals surface area (Å²) < 4.78 is 1.09. The Kier molecular flexibility index (Phi) is 4.42. The van der Waals surface area contributed by atoms with Crippen LogP contribution in [0.1, 0.15) is 12.8 Å². The van der Waals surface area contributed by atoms with Gasteiger partial charge in [-0.05, 0) is 34.5 Å². The summed E-state index contributed by atoms with van der Waals surface area (Å²) in [6, 6.07) is 8.06. The molecule has 0 aliphatic carbocycles. The number of unbranched alkanes of at least 4 members (excludes halogenated alkanes) is 1. The van der Waals surface area contributed by atoms with Gasteiger partial charge in [0.05, 0.1) is 0 Å². The van der Waals surface area contributed by atoms with Gasteiger partial charge in [-0.3, -0.25) is 0 Å². The molecule has 0 aliphatic rings. The number of benzene rings is 1. The average Bonchev–Trinajstić information content (AvgIpc) is 2.15. The standard InChI is InChI=1S/C11H12BrN/c1-2-3-6-9-13-11-8-5-4-7-10(11)12/h1,4-5,7-8,13H,3,6,9H2. The zero-order valence-electron chi connectivity index (χ0n) is 7.39. The van der Waals surface area contributed by atoms with Crippen molar-refractivity contribution in [2.24, 2.45) is 0 Å². The Morgan fingerprint density at radius 3 is 2.85 bits per heavy atom. The summed E-state index contributed by atoms with van der Waals surface area (Å²) in [6.45, 7) is 0.923. The van der Waals surface area contributed by atoms with Crippen molar-refractivity contribution in [3.05, 3.63) is 28.7 Å². The number of rotatable bonds is 4. The third kappa shape index (κ3) is 3.52. The topological polar surface area (TPSA) is 12.0 Å². The maximum absolute atomic E-state index is 5.15. The molecule has 1 aromatic carbocycles. The Hall–Kier alpha value is -0.940. The molecule has 0 atom stereocenters. The van der Waals surface area contributed by atoms with Crippen molar-refractivity contribution >= 4 is 21.6 Å². The normalized spacial score (nSPS) is 9.23. The van der Waals surface area contributed by atoms with E-state index in [9.17, 15) is 0 Å². The first kappa shape index (κ1) is 10.1. The average molecular weight is 238 g/mol. The first-order chi connectivity index (χ1) is 6.34. The van der Waals surface area contributed by atoms with E-state index in [0.29, 0.717) is 0 Å². The molecule has 0 radical (unpaired) electrons. The van der Waals surface area contributed by atoms with Crippen LogP contribution in [0.3, 0.4) is 0 Å². The molecule has 0 heterocycles. The van der Waals surface area contributed by atoms with Crippen LogP contribution in [0, 0.1) is 12.3 Å². The fraction of sp³-hybridized carbons (Fsp3) is 0.273. The van der Waals surface area contributed by atoms with Gasteiger partial charge in [0.2, 0.25) is 0 Å². The molecule has 0 saturated heterocycles. The molecule has 0 spiro atoms. The van der Waals surface area contributed by atoms with E-state index in [1.54, 1.807) is 0 Å². The molecule has 0 unspecified atom stereocenters. The Morgan fingerprint density at radius 1 is 1.38 bits per heavy atom. The van der Waals surface area contributed by atoms with Crippen LogP contribution in [0.4, 0.5) is 5.69 Å². The van der Waals surface area contributed by atoms with Crippen molar-refractivity contribution in [1.29, 1.82) is 0 Å². The molecule has 1 aromatic rings. The van der Waals surface area contributed by atoms with Gasteiger partial charge >= 0.3 is 0 Å². The summed E-state index contributed by atoms with van der Waals surface area (Å²) in [5.41, 5.74) is 1.12. The number of anilines is 1. The minimum Gasteiger partial charge on any atom is -0.384 e. The van der Waals surface area contributed by atoms with Gasteiger partial charge in [0, 0.05) is 23.1 Å². The smallest absolute Gasteiger partial charge is 0.0484 e. The van der Waals surface area contributed by atoms with E-state index in [1.165, 1.54) is 0 Å². The largest absolute Gasteiger partial charge is 0.384 e. The monoisotopic (exact) mass is 237 g/mol. The highest BCUT2D eigenvalue weighted by molar-refractivity contribution is 9.10. The SMILES string of the molecule is C#CCCCNc1ccccc1Br. The van der Waals surface area contributed by atoms with Crippen molar-refractivity contribution in [2.45, 2.75) is 12.8 Å². The second-order valence-electron chi connectivity index (χ2n) is 2.71. The number of terminal acetylenes is 1. The highest BCUT2D eigenvalue weighted by Gasteiger charge is 1.95. The van der Waals surface area contributed by atoms with Crippen LogP contribution in [0.25, 0.3) is 0 Å². The van der Waals surface area contributed by atoms with Crippen molar-refractivity contribution in [1.82, 2.24) is 0 Å². The maximum Gasteiger partial charge on any atom is 0.0484 e. The lowest BCUT2D eigenvalue weighted by Gasteiger charge is -2.06. The van der Waals surface area contributed by atoms with Crippen LogP contribution < -0.4 is 5.32 Å². The first-order valence-corrected chi connectivity index (χ1v) is 5.06. The minimum absolute atomic E-state index is 0.831. The number of hydrogen-bond acceptors (Lipinski definition) is 1. The third-order valence-corrected chi connectivity index (χ3v) is 2.38. The van der Waals surface area contributed by atoms with Gasteiger partial charge in [0.25, 0.3) is 0 Å². The molecule has 1 nitrogen and oxygen atoms in total. The van der Waals surface area contributed by atoms with Gasteiger partial charge in [-0.2, -0.15) is 0 Å². The highest BCUT2D eigenvalue weighted by atomic mass is 79.9. The number of nitrogens with one attached hydrogen (secondary N) is 1. The summed E-state index contributed by atoms with van der Waals surface area (Å²) in [6.07, 6.45) is 6.99. The van der Waals surface area contributed by atoms with Crippen LogP contribution in [0.2, 0.25) is 0 Å². The number of hydrogen-bond donors (Lipinski definition) is 1. The number of halogens is 1. The Morgan fingerprint density at radius 2 is 2.15 bits per heavy atom. The minimum atomic E-state index is 0.831. The summed E-state index contributed by atoms with van der Waals surface area (Å²) in [5, 5.41) is 3.31. The van der Waals surface area contributed by atoms with E-state index in [-0.39, 0.29) is 0 Å². The molecule has 0 fully saturated rings. The third-order valence-electron chi connectivity index (χ3n) is 1.69. The Bertz CT molecular complexity index is 301. The molecular formula is C11H12BrN. The summed E-state index contributed by atoms with van der Waals surface area (Å²) in [7, 11) is 0. The molecule has 13 heavy (non-hydrogen) atoms. The summed E-state index contributed by atoms with van der Waals surface area (Å²) in [5.74, 6) is 2.62. The van der Waals surface area contributed by atoms with Crippen LogP contribution in [0.5, 0.6) is 0 Å². The maximum atomic E-state index is 5.15. The molecular weight excluding hydrogens is 226 g/mol. The van der Waals surface area contributed by atoms with Crippen molar-refractivity contribution < 1.29 is 0 Å². The lowest BCUT2D eigenvalue weighted by atomic mass is 10.3. The molecule has 68 valence electrons. The van der Waals surface area contributed by atoms with E-state index in [1.807, 2.05) is 24.3 Å². The molecule has 0 amide bonds. The lowest BCUT2D eigenvalue weighted by molar-refractivity contribution is 0.907. The van der Waals surface area contributed by atoms with E-state index < -0.39 is 0 Å². The van der Waals surface area contributed by atoms with Crippen LogP contribution in [-0.2, 0) is 0 Å². The van der Waals surface area contributed by atoms with E-state index in [0.717, 1.165) is 29.5 Å². The molecule has 1 N–H and O–H groups in total. The van der Waals surface area contributed by atoms with Crippen LogP contribution in [-0.4, -0.2) is 6.54 Å². The van der Waals surface area contributed by atoms with Crippen molar-refractivity contribution in [3.8, 4) is 12.3 Å².